The quantitative estimate of drug-likeness (QED) is 0.0155. The topological polar surface area (TPSA) is 349 Å². The van der Waals surface area contributed by atoms with E-state index in [1.54, 1.807) is 126 Å². The molecule has 2 fully saturated rings. The summed E-state index contributed by atoms with van der Waals surface area (Å²) >= 11 is 6.76. The van der Waals surface area contributed by atoms with Gasteiger partial charge in [0.1, 0.15) is 59.4 Å². The Kier molecular flexibility index (Phi) is 53.6. The highest BCUT2D eigenvalue weighted by molar-refractivity contribution is 8.77. The largest absolute Gasteiger partial charge is 0.513 e. The van der Waals surface area contributed by atoms with E-state index in [-0.39, 0.29) is 142 Å². The van der Waals surface area contributed by atoms with Crippen molar-refractivity contribution >= 4 is 161 Å². The Balaban J connectivity index is 0.00000147. The number of aliphatic carboxylic acids is 2. The molecule has 2 saturated carbocycles. The molecular formula is C74H116N4O20S8. The van der Waals surface area contributed by atoms with Gasteiger partial charge in [-0.05, 0) is 129 Å². The number of nitrogens with one attached hydrogen (secondary N) is 4. The lowest BCUT2D eigenvalue weighted by atomic mass is 9.99. The van der Waals surface area contributed by atoms with E-state index < -0.39 is 36.1 Å². The molecule has 4 rings (SSSR count). The predicted molar refractivity (Wildman–Crippen MR) is 435 cm³/mol. The SMILES string of the molecule is CCC(CSC1CCC1SCC(CC(=O)CCOCCC(C)=O)C(=O)NCCSSCCOC(=O)Oc1ccc(CC(NC)C(C)=O)cc1)C(=O)NCCSSCCOC(=O)Oc1ccc(CC(NC)C(C)=O)cc1.CCC(CSC1CCC1SCC(CC(=O)CCOCCC(C)=O)C(=O)O)C(=O)O.[2H]C.[2H]C. The number of amides is 2. The van der Waals surface area contributed by atoms with E-state index >= 15 is 0 Å². The third-order valence-corrected chi connectivity index (χ3v) is 28.1. The van der Waals surface area contributed by atoms with Gasteiger partial charge in [0.05, 0.1) is 56.3 Å². The number of carbonyl (C=O) groups excluding carboxylic acids is 10. The van der Waals surface area contributed by atoms with Crippen molar-refractivity contribution in [2.75, 3.05) is 113 Å². The van der Waals surface area contributed by atoms with Crippen LogP contribution < -0.4 is 30.7 Å². The fraction of sp³-hybridized carbons (Fsp3) is 0.676. The number of Topliss-reactive ketones (excluding diaryl/α,β-unsaturated/α-hetero) is 6. The van der Waals surface area contributed by atoms with Gasteiger partial charge in [-0.2, -0.15) is 47.0 Å². The zero-order chi connectivity index (χ0) is 80.6. The van der Waals surface area contributed by atoms with Crippen LogP contribution in [0.1, 0.15) is 147 Å². The normalized spacial score (nSPS) is 16.7. The maximum absolute atomic E-state index is 13.5. The van der Waals surface area contributed by atoms with Crippen LogP contribution in [0.4, 0.5) is 9.59 Å². The van der Waals surface area contributed by atoms with Gasteiger partial charge in [-0.1, -0.05) is 96.1 Å². The van der Waals surface area contributed by atoms with E-state index in [4.69, 9.17) is 36.3 Å². The van der Waals surface area contributed by atoms with E-state index in [2.05, 4.69) is 21.3 Å². The minimum atomic E-state index is -0.969. The molecule has 2 aromatic rings. The van der Waals surface area contributed by atoms with Crippen LogP contribution in [0.15, 0.2) is 48.5 Å². The van der Waals surface area contributed by atoms with Gasteiger partial charge >= 0.3 is 24.2 Å². The number of ketones is 6. The third-order valence-electron chi connectivity index (χ3n) is 16.7. The number of benzene rings is 2. The maximum atomic E-state index is 13.5. The van der Waals surface area contributed by atoms with Crippen LogP contribution in [-0.4, -0.2) is 227 Å². The number of ether oxygens (including phenoxy) is 6. The molecule has 106 heavy (non-hydrogen) atoms. The Morgan fingerprint density at radius 1 is 0.462 bits per heavy atom. The minimum Gasteiger partial charge on any atom is -0.481 e. The molecule has 2 aromatic carbocycles. The van der Waals surface area contributed by atoms with Crippen LogP contribution in [-0.2, 0) is 79.7 Å². The average Bonchev–Trinajstić information content (AvgIpc) is 0.853. The van der Waals surface area contributed by atoms with Crippen molar-refractivity contribution in [2.45, 2.75) is 179 Å². The molecular weight excluding hydrogens is 1520 g/mol. The van der Waals surface area contributed by atoms with Crippen LogP contribution in [0.2, 0.25) is 0 Å². The van der Waals surface area contributed by atoms with Crippen molar-refractivity contribution < 1.29 is 98.9 Å². The van der Waals surface area contributed by atoms with Crippen molar-refractivity contribution in [3.63, 3.8) is 0 Å². The lowest BCUT2D eigenvalue weighted by Gasteiger charge is -2.37. The molecule has 0 radical (unpaired) electrons. The molecule has 0 aliphatic heterocycles. The summed E-state index contributed by atoms with van der Waals surface area (Å²) in [6.45, 7) is 12.1. The molecule has 0 aromatic heterocycles. The van der Waals surface area contributed by atoms with Gasteiger partial charge in [0.15, 0.2) is 0 Å². The second kappa shape index (κ2) is 59.3. The first kappa shape index (κ1) is 95.7. The molecule has 24 nitrogen and oxygen atoms in total. The lowest BCUT2D eigenvalue weighted by molar-refractivity contribution is -0.143. The van der Waals surface area contributed by atoms with Crippen LogP contribution in [0.25, 0.3) is 0 Å². The van der Waals surface area contributed by atoms with Gasteiger partial charge in [-0.25, -0.2) is 9.59 Å². The van der Waals surface area contributed by atoms with E-state index in [9.17, 15) is 62.6 Å². The smallest absolute Gasteiger partial charge is 0.481 e. The molecule has 0 spiro atoms. The number of thioether (sulfide) groups is 4. The van der Waals surface area contributed by atoms with Gasteiger partial charge in [0.2, 0.25) is 11.8 Å². The zero-order valence-electron chi connectivity index (χ0n) is 65.1. The van der Waals surface area contributed by atoms with Crippen molar-refractivity contribution in [1.29, 1.82) is 0 Å². The Morgan fingerprint density at radius 2 is 0.792 bits per heavy atom. The van der Waals surface area contributed by atoms with Gasteiger partial charge in [0, 0.05) is 127 Å². The zero-order valence-corrected chi connectivity index (χ0v) is 69.6. The number of carboxylic acid groups (broad SMARTS) is 2. The number of hydrogen-bond acceptors (Lipinski definition) is 28. The highest BCUT2D eigenvalue weighted by Gasteiger charge is 2.36. The number of carboxylic acids is 2. The molecule has 2 aliphatic carbocycles. The second-order valence-corrected chi connectivity index (χ2v) is 35.4. The predicted octanol–water partition coefficient (Wildman–Crippen LogP) is 12.2. The number of rotatable bonds is 58. The molecule has 32 heteroatoms. The molecule has 0 heterocycles. The second-order valence-electron chi connectivity index (χ2n) is 24.9. The summed E-state index contributed by atoms with van der Waals surface area (Å²) < 4.78 is 43.1. The van der Waals surface area contributed by atoms with Crippen molar-refractivity contribution in [3.05, 3.63) is 59.7 Å². The van der Waals surface area contributed by atoms with E-state index in [1.165, 1.54) is 57.2 Å². The molecule has 10 atom stereocenters. The third kappa shape index (κ3) is 44.4. The Hall–Kier alpha value is -4.48. The molecule has 6 N–H and O–H groups in total. The highest BCUT2D eigenvalue weighted by atomic mass is 33.1. The fourth-order valence-electron chi connectivity index (χ4n) is 9.83. The van der Waals surface area contributed by atoms with Crippen LogP contribution >= 0.6 is 90.2 Å². The van der Waals surface area contributed by atoms with E-state index in [0.29, 0.717) is 124 Å². The molecule has 0 saturated heterocycles. The van der Waals surface area contributed by atoms with Gasteiger partial charge in [0.25, 0.3) is 0 Å². The molecule has 2 aliphatic rings. The number of likely N-dealkylation sites (N-methyl/N-ethyl adjacent to an activating group) is 2. The standard InChI is InChI=1S/C52H76N4O13S6.C20H32O7S2.2CH4/c1-7-40(49(61)55-20-26-72-74-28-24-66-51(63)68-43-12-8-38(9-13-43)30-45(53-5)36(3)58)33-70-47-16-17-48(47)71-34-41(32-42(60)19-23-65-22-18-35(2)57)50(62)56-21-27-73-75-29-25-67-52(64)69-44-14-10-39(11-15-44)31-46(54-6)37(4)59;1-3-14(19(23)24)11-28-17-4-5-18(17)29-12-15(20(25)26)10-16(22)7-9-27-8-6-13(2)21;;/h8-15,40-41,45-48,53-54H,7,16-34H2,1-6H3,(H,55,61)(H,56,62);14-15,17-18H,3-12H2,1-2H3,(H,23,24)(H,25,26);2*1H4/i;;2*1D. The summed E-state index contributed by atoms with van der Waals surface area (Å²) in [6, 6.07) is 13.3. The fourth-order valence-corrected chi connectivity index (χ4v) is 20.1. The molecule has 600 valence electrons. The highest BCUT2D eigenvalue weighted by Crippen LogP contribution is 2.43. The molecule has 2 amide bonds. The minimum absolute atomic E-state index is 0.0140. The summed E-state index contributed by atoms with van der Waals surface area (Å²) in [4.78, 5) is 144. The van der Waals surface area contributed by atoms with Crippen LogP contribution in [0.5, 0.6) is 11.5 Å². The summed E-state index contributed by atoms with van der Waals surface area (Å²) in [5.41, 5.74) is 1.87. The van der Waals surface area contributed by atoms with Crippen molar-refractivity contribution in [1.82, 2.24) is 21.3 Å². The van der Waals surface area contributed by atoms with E-state index in [0.717, 1.165) is 36.8 Å². The monoisotopic (exact) mass is 1640 g/mol. The Labute approximate surface area is 663 Å². The van der Waals surface area contributed by atoms with Crippen LogP contribution in [0.3, 0.4) is 0 Å². The first-order chi connectivity index (χ1) is 51.9. The maximum Gasteiger partial charge on any atom is 0.513 e. The van der Waals surface area contributed by atoms with Gasteiger partial charge in [-0.3, -0.25) is 47.9 Å². The Bertz CT molecular complexity index is 2970. The number of hydrogen-bond donors (Lipinski definition) is 6. The summed E-state index contributed by atoms with van der Waals surface area (Å²) in [5.74, 6) is 1.50. The Morgan fingerprint density at radius 3 is 1.13 bits per heavy atom. The van der Waals surface area contributed by atoms with Gasteiger partial charge < -0.3 is 59.9 Å². The number of carbonyl (C=O) groups is 12. The summed E-state index contributed by atoms with van der Waals surface area (Å²) in [5, 5.41) is 31.9. The van der Waals surface area contributed by atoms with Crippen LogP contribution in [0, 0.1) is 23.7 Å². The molecule has 0 bridgehead atoms. The van der Waals surface area contributed by atoms with Crippen molar-refractivity contribution in [2.24, 2.45) is 23.7 Å². The molecule has 10 unspecified atom stereocenters. The summed E-state index contributed by atoms with van der Waals surface area (Å²) in [6.07, 6.45) is 5.81. The first-order valence-corrected chi connectivity index (χ1v) is 44.4. The van der Waals surface area contributed by atoms with Crippen molar-refractivity contribution in [3.8, 4) is 11.5 Å². The average molecular weight is 1640 g/mol. The first-order valence-electron chi connectivity index (χ1n) is 37.2. The summed E-state index contributed by atoms with van der Waals surface area (Å²) in [7, 11) is 12.1. The lowest BCUT2D eigenvalue weighted by Crippen LogP contribution is -2.38. The van der Waals surface area contributed by atoms with E-state index in [1.807, 2.05) is 26.0 Å². The van der Waals surface area contributed by atoms with Gasteiger partial charge in [-0.15, -0.1) is 0 Å².